The average molecular weight is 252 g/mol. The Morgan fingerprint density at radius 1 is 1.41 bits per heavy atom. The Morgan fingerprint density at radius 2 is 2.29 bits per heavy atom. The minimum Gasteiger partial charge on any atom is -0.399 e. The second kappa shape index (κ2) is 4.20. The highest BCUT2D eigenvalue weighted by molar-refractivity contribution is 6.35. The lowest BCUT2D eigenvalue weighted by atomic mass is 10.2. The van der Waals surface area contributed by atoms with Crippen molar-refractivity contribution in [3.05, 3.63) is 23.4 Å². The van der Waals surface area contributed by atoms with Gasteiger partial charge in [-0.05, 0) is 31.4 Å². The fourth-order valence-corrected chi connectivity index (χ4v) is 2.62. The molecular formula is C12H14ClN3O. The fraction of sp³-hybridized carbons (Fsp3) is 0.417. The molecule has 2 aromatic rings. The number of nitrogen functional groups attached to an aromatic ring is 1. The number of hydrogen-bond acceptors (Lipinski definition) is 3. The van der Waals surface area contributed by atoms with Crippen molar-refractivity contribution in [3.8, 4) is 0 Å². The normalized spacial score (nSPS) is 20.9. The highest BCUT2D eigenvalue weighted by Crippen LogP contribution is 2.31. The number of aromatic nitrogens is 2. The van der Waals surface area contributed by atoms with Gasteiger partial charge in [0.1, 0.15) is 0 Å². The molecule has 0 bridgehead atoms. The first-order valence-corrected chi connectivity index (χ1v) is 6.17. The Bertz CT molecular complexity index is 546. The summed E-state index contributed by atoms with van der Waals surface area (Å²) < 4.78 is 7.60. The van der Waals surface area contributed by atoms with E-state index in [1.165, 1.54) is 6.42 Å². The van der Waals surface area contributed by atoms with Crippen LogP contribution in [0.3, 0.4) is 0 Å². The van der Waals surface area contributed by atoms with Crippen molar-refractivity contribution in [2.24, 2.45) is 0 Å². The maximum atomic E-state index is 6.23. The number of nitrogens with two attached hydrogens (primary N) is 1. The molecule has 0 amide bonds. The molecule has 1 aromatic carbocycles. The van der Waals surface area contributed by atoms with Crippen molar-refractivity contribution in [3.63, 3.8) is 0 Å². The van der Waals surface area contributed by atoms with Crippen LogP contribution < -0.4 is 5.73 Å². The summed E-state index contributed by atoms with van der Waals surface area (Å²) >= 11 is 6.23. The Hall–Kier alpha value is -1.26. The average Bonchev–Trinajstić information content (AvgIpc) is 2.74. The molecule has 1 aliphatic heterocycles. The lowest BCUT2D eigenvalue weighted by molar-refractivity contribution is -0.0366. The number of hydrogen-bond donors (Lipinski definition) is 1. The Balaban J connectivity index is 2.10. The molecule has 1 unspecified atom stereocenters. The molecular weight excluding hydrogens is 238 g/mol. The highest BCUT2D eigenvalue weighted by atomic mass is 35.5. The molecule has 1 aliphatic rings. The van der Waals surface area contributed by atoms with E-state index in [1.807, 2.05) is 10.7 Å². The summed E-state index contributed by atoms with van der Waals surface area (Å²) in [5.74, 6) is 0. The Kier molecular flexibility index (Phi) is 2.68. The van der Waals surface area contributed by atoms with E-state index in [9.17, 15) is 0 Å². The third kappa shape index (κ3) is 1.87. The molecule has 0 saturated carbocycles. The van der Waals surface area contributed by atoms with Crippen molar-refractivity contribution in [1.82, 2.24) is 9.78 Å². The minimum absolute atomic E-state index is 0.00220. The van der Waals surface area contributed by atoms with Crippen LogP contribution in [0.1, 0.15) is 25.5 Å². The van der Waals surface area contributed by atoms with Gasteiger partial charge in [-0.25, -0.2) is 4.68 Å². The SMILES string of the molecule is Nc1cc(Cl)c2c(cnn2C2CCCCO2)c1. The molecule has 0 spiro atoms. The van der Waals surface area contributed by atoms with E-state index in [0.717, 1.165) is 30.4 Å². The van der Waals surface area contributed by atoms with Gasteiger partial charge in [-0.2, -0.15) is 5.10 Å². The first kappa shape index (κ1) is 10.9. The summed E-state index contributed by atoms with van der Waals surface area (Å²) in [6, 6.07) is 3.64. The number of nitrogens with zero attached hydrogens (tertiary/aromatic N) is 2. The smallest absolute Gasteiger partial charge is 0.150 e. The second-order valence-electron chi connectivity index (χ2n) is 4.35. The molecule has 90 valence electrons. The van der Waals surface area contributed by atoms with E-state index in [-0.39, 0.29) is 6.23 Å². The summed E-state index contributed by atoms with van der Waals surface area (Å²) in [6.07, 6.45) is 5.06. The summed E-state index contributed by atoms with van der Waals surface area (Å²) in [7, 11) is 0. The molecule has 3 rings (SSSR count). The highest BCUT2D eigenvalue weighted by Gasteiger charge is 2.19. The zero-order valence-corrected chi connectivity index (χ0v) is 10.2. The predicted molar refractivity (Wildman–Crippen MR) is 68.0 cm³/mol. The maximum Gasteiger partial charge on any atom is 0.150 e. The van der Waals surface area contributed by atoms with Crippen LogP contribution in [0.2, 0.25) is 5.02 Å². The number of halogens is 1. The van der Waals surface area contributed by atoms with Crippen LogP contribution in [-0.4, -0.2) is 16.4 Å². The zero-order valence-electron chi connectivity index (χ0n) is 9.40. The fourth-order valence-electron chi connectivity index (χ4n) is 2.30. The van der Waals surface area contributed by atoms with Crippen LogP contribution in [0.4, 0.5) is 5.69 Å². The molecule has 2 N–H and O–H groups in total. The van der Waals surface area contributed by atoms with Gasteiger partial charge in [-0.1, -0.05) is 11.6 Å². The minimum atomic E-state index is 0.00220. The summed E-state index contributed by atoms with van der Waals surface area (Å²) in [5.41, 5.74) is 7.33. The molecule has 0 aliphatic carbocycles. The van der Waals surface area contributed by atoms with Crippen LogP contribution in [0, 0.1) is 0 Å². The summed E-state index contributed by atoms with van der Waals surface area (Å²) in [5, 5.41) is 5.97. The number of anilines is 1. The standard InChI is InChI=1S/C12H14ClN3O/c13-10-6-9(14)5-8-7-15-16(12(8)10)11-3-1-2-4-17-11/h5-7,11H,1-4,14H2. The van der Waals surface area contributed by atoms with Crippen molar-refractivity contribution < 1.29 is 4.74 Å². The van der Waals surface area contributed by atoms with E-state index in [0.29, 0.717) is 10.7 Å². The topological polar surface area (TPSA) is 53.1 Å². The van der Waals surface area contributed by atoms with Gasteiger partial charge in [0, 0.05) is 17.7 Å². The van der Waals surface area contributed by atoms with E-state index in [2.05, 4.69) is 5.10 Å². The number of rotatable bonds is 1. The Labute approximate surface area is 104 Å². The number of ether oxygens (including phenoxy) is 1. The van der Waals surface area contributed by atoms with Crippen LogP contribution in [0.15, 0.2) is 18.3 Å². The summed E-state index contributed by atoms with van der Waals surface area (Å²) in [6.45, 7) is 0.790. The predicted octanol–water partition coefficient (Wildman–Crippen LogP) is 2.97. The lowest BCUT2D eigenvalue weighted by Gasteiger charge is -2.23. The van der Waals surface area contributed by atoms with E-state index in [1.54, 1.807) is 12.3 Å². The zero-order chi connectivity index (χ0) is 11.8. The second-order valence-corrected chi connectivity index (χ2v) is 4.76. The van der Waals surface area contributed by atoms with Crippen molar-refractivity contribution in [1.29, 1.82) is 0 Å². The monoisotopic (exact) mass is 251 g/mol. The van der Waals surface area contributed by atoms with Gasteiger partial charge in [-0.3, -0.25) is 0 Å². The van der Waals surface area contributed by atoms with Crippen LogP contribution >= 0.6 is 11.6 Å². The van der Waals surface area contributed by atoms with Crippen molar-refractivity contribution >= 4 is 28.2 Å². The third-order valence-electron chi connectivity index (χ3n) is 3.09. The van der Waals surface area contributed by atoms with E-state index >= 15 is 0 Å². The molecule has 2 heterocycles. The van der Waals surface area contributed by atoms with Gasteiger partial charge < -0.3 is 10.5 Å². The summed E-state index contributed by atoms with van der Waals surface area (Å²) in [4.78, 5) is 0. The van der Waals surface area contributed by atoms with Gasteiger partial charge in [0.05, 0.1) is 16.7 Å². The number of benzene rings is 1. The van der Waals surface area contributed by atoms with Gasteiger partial charge >= 0.3 is 0 Å². The molecule has 5 heteroatoms. The molecule has 1 saturated heterocycles. The molecule has 0 radical (unpaired) electrons. The van der Waals surface area contributed by atoms with Crippen LogP contribution in [-0.2, 0) is 4.74 Å². The van der Waals surface area contributed by atoms with Crippen molar-refractivity contribution in [2.45, 2.75) is 25.5 Å². The molecule has 1 atom stereocenters. The van der Waals surface area contributed by atoms with E-state index < -0.39 is 0 Å². The lowest BCUT2D eigenvalue weighted by Crippen LogP contribution is -2.19. The largest absolute Gasteiger partial charge is 0.399 e. The van der Waals surface area contributed by atoms with Gasteiger partial charge in [0.15, 0.2) is 6.23 Å². The quantitative estimate of drug-likeness (QED) is 0.793. The van der Waals surface area contributed by atoms with Crippen LogP contribution in [0.25, 0.3) is 10.9 Å². The molecule has 17 heavy (non-hydrogen) atoms. The molecule has 1 aromatic heterocycles. The van der Waals surface area contributed by atoms with Gasteiger partial charge in [0.2, 0.25) is 0 Å². The first-order chi connectivity index (χ1) is 8.25. The van der Waals surface area contributed by atoms with E-state index in [4.69, 9.17) is 22.1 Å². The third-order valence-corrected chi connectivity index (χ3v) is 3.38. The number of fused-ring (bicyclic) bond motifs is 1. The van der Waals surface area contributed by atoms with Gasteiger partial charge in [-0.15, -0.1) is 0 Å². The first-order valence-electron chi connectivity index (χ1n) is 5.79. The molecule has 4 nitrogen and oxygen atoms in total. The van der Waals surface area contributed by atoms with Crippen LogP contribution in [0.5, 0.6) is 0 Å². The van der Waals surface area contributed by atoms with Crippen molar-refractivity contribution in [2.75, 3.05) is 12.3 Å². The maximum absolute atomic E-state index is 6.23. The molecule has 1 fully saturated rings. The van der Waals surface area contributed by atoms with Gasteiger partial charge in [0.25, 0.3) is 0 Å². The Morgan fingerprint density at radius 3 is 3.06 bits per heavy atom.